The molecule has 0 bridgehead atoms. The number of aryl methyl sites for hydroxylation is 1. The van der Waals surface area contributed by atoms with Crippen molar-refractivity contribution in [2.24, 2.45) is 0 Å². The number of rotatable bonds is 3. The zero-order valence-electron chi connectivity index (χ0n) is 8.38. The van der Waals surface area contributed by atoms with Crippen LogP contribution >= 0.6 is 11.8 Å². The predicted octanol–water partition coefficient (Wildman–Crippen LogP) is 2.73. The van der Waals surface area contributed by atoms with Gasteiger partial charge in [-0.05, 0) is 24.8 Å². The van der Waals surface area contributed by atoms with Gasteiger partial charge >= 0.3 is 0 Å². The van der Waals surface area contributed by atoms with Crippen molar-refractivity contribution < 1.29 is 9.47 Å². The Hall–Kier alpha value is -0.830. The summed E-state index contributed by atoms with van der Waals surface area (Å²) in [6.07, 6.45) is 2.03. The molecular weight excluding hydrogens is 184 g/mol. The second-order valence-electron chi connectivity index (χ2n) is 2.68. The molecule has 0 aliphatic rings. The minimum Gasteiger partial charge on any atom is -0.496 e. The van der Waals surface area contributed by atoms with E-state index in [4.69, 9.17) is 9.47 Å². The summed E-state index contributed by atoms with van der Waals surface area (Å²) < 4.78 is 10.4. The average Bonchev–Trinajstić information content (AvgIpc) is 2.17. The van der Waals surface area contributed by atoms with Crippen LogP contribution in [0.4, 0.5) is 0 Å². The first-order valence-corrected chi connectivity index (χ1v) is 5.22. The van der Waals surface area contributed by atoms with Crippen molar-refractivity contribution in [3.8, 4) is 11.5 Å². The van der Waals surface area contributed by atoms with Crippen LogP contribution in [-0.4, -0.2) is 20.5 Å². The summed E-state index contributed by atoms with van der Waals surface area (Å²) in [4.78, 5) is 1.14. The number of hydrogen-bond acceptors (Lipinski definition) is 3. The molecule has 0 saturated carbocycles. The summed E-state index contributed by atoms with van der Waals surface area (Å²) in [5, 5.41) is 0. The number of benzene rings is 1. The third-order valence-corrected chi connectivity index (χ3v) is 2.66. The molecule has 0 heterocycles. The molecule has 0 aromatic heterocycles. The first kappa shape index (κ1) is 10.3. The largest absolute Gasteiger partial charge is 0.496 e. The molecular formula is C10H14O2S. The number of methoxy groups -OCH3 is 2. The van der Waals surface area contributed by atoms with E-state index < -0.39 is 0 Å². The van der Waals surface area contributed by atoms with Gasteiger partial charge in [-0.3, -0.25) is 0 Å². The quantitative estimate of drug-likeness (QED) is 0.696. The molecule has 0 atom stereocenters. The SMILES string of the molecule is COc1cc(OC)c(SC)cc1C. The normalized spacial score (nSPS) is 9.85. The summed E-state index contributed by atoms with van der Waals surface area (Å²) in [5.41, 5.74) is 1.13. The van der Waals surface area contributed by atoms with Gasteiger partial charge in [-0.25, -0.2) is 0 Å². The lowest BCUT2D eigenvalue weighted by Crippen LogP contribution is -1.91. The first-order valence-electron chi connectivity index (χ1n) is 3.99. The molecule has 1 aromatic carbocycles. The molecule has 3 heteroatoms. The highest BCUT2D eigenvalue weighted by Gasteiger charge is 2.06. The van der Waals surface area contributed by atoms with Crippen molar-refractivity contribution >= 4 is 11.8 Å². The van der Waals surface area contributed by atoms with Crippen LogP contribution < -0.4 is 9.47 Å². The van der Waals surface area contributed by atoms with Gasteiger partial charge in [-0.2, -0.15) is 0 Å². The van der Waals surface area contributed by atoms with Crippen LogP contribution in [0.3, 0.4) is 0 Å². The maximum Gasteiger partial charge on any atom is 0.136 e. The van der Waals surface area contributed by atoms with Crippen molar-refractivity contribution in [3.05, 3.63) is 17.7 Å². The second kappa shape index (κ2) is 4.42. The van der Waals surface area contributed by atoms with Crippen LogP contribution in [0.2, 0.25) is 0 Å². The van der Waals surface area contributed by atoms with Gasteiger partial charge in [0.1, 0.15) is 11.5 Å². The third kappa shape index (κ3) is 2.10. The Labute approximate surface area is 83.2 Å². The maximum atomic E-state index is 5.23. The summed E-state index contributed by atoms with van der Waals surface area (Å²) in [7, 11) is 3.34. The fourth-order valence-electron chi connectivity index (χ4n) is 1.18. The van der Waals surface area contributed by atoms with Crippen LogP contribution in [-0.2, 0) is 0 Å². The van der Waals surface area contributed by atoms with E-state index in [0.29, 0.717) is 0 Å². The second-order valence-corrected chi connectivity index (χ2v) is 3.52. The zero-order chi connectivity index (χ0) is 9.84. The Kier molecular flexibility index (Phi) is 3.48. The van der Waals surface area contributed by atoms with E-state index >= 15 is 0 Å². The molecule has 0 fully saturated rings. The molecule has 2 nitrogen and oxygen atoms in total. The number of hydrogen-bond donors (Lipinski definition) is 0. The Bertz CT molecular complexity index is 297. The highest BCUT2D eigenvalue weighted by atomic mass is 32.2. The van der Waals surface area contributed by atoms with Crippen LogP contribution in [0, 0.1) is 6.92 Å². The molecule has 1 aromatic rings. The van der Waals surface area contributed by atoms with Crippen LogP contribution in [0.5, 0.6) is 11.5 Å². The fraction of sp³-hybridized carbons (Fsp3) is 0.400. The Morgan fingerprint density at radius 1 is 1.08 bits per heavy atom. The lowest BCUT2D eigenvalue weighted by atomic mass is 10.2. The topological polar surface area (TPSA) is 18.5 Å². The van der Waals surface area contributed by atoms with Gasteiger partial charge in [0.15, 0.2) is 0 Å². The Balaban J connectivity index is 3.18. The van der Waals surface area contributed by atoms with Gasteiger partial charge in [0.05, 0.1) is 14.2 Å². The summed E-state index contributed by atoms with van der Waals surface area (Å²) in [5.74, 6) is 1.74. The van der Waals surface area contributed by atoms with Gasteiger partial charge in [-0.15, -0.1) is 11.8 Å². The lowest BCUT2D eigenvalue weighted by molar-refractivity contribution is 0.385. The predicted molar refractivity (Wildman–Crippen MR) is 56.1 cm³/mol. The summed E-state index contributed by atoms with van der Waals surface area (Å²) >= 11 is 1.67. The van der Waals surface area contributed by atoms with Crippen molar-refractivity contribution in [1.82, 2.24) is 0 Å². The smallest absolute Gasteiger partial charge is 0.136 e. The zero-order valence-corrected chi connectivity index (χ0v) is 9.20. The molecule has 0 N–H and O–H groups in total. The molecule has 0 saturated heterocycles. The molecule has 72 valence electrons. The van der Waals surface area contributed by atoms with Crippen molar-refractivity contribution in [2.75, 3.05) is 20.5 Å². The van der Waals surface area contributed by atoms with Gasteiger partial charge in [0.25, 0.3) is 0 Å². The molecule has 0 aliphatic heterocycles. The highest BCUT2D eigenvalue weighted by Crippen LogP contribution is 2.33. The monoisotopic (exact) mass is 198 g/mol. The maximum absolute atomic E-state index is 5.23. The van der Waals surface area contributed by atoms with Crippen LogP contribution in [0.15, 0.2) is 17.0 Å². The molecule has 1 rings (SSSR count). The standard InChI is InChI=1S/C10H14O2S/c1-7-5-10(13-4)9(12-3)6-8(7)11-2/h5-6H,1-4H3. The first-order chi connectivity index (χ1) is 6.22. The third-order valence-electron chi connectivity index (χ3n) is 1.90. The van der Waals surface area contributed by atoms with E-state index in [1.54, 1.807) is 26.0 Å². The van der Waals surface area contributed by atoms with Crippen molar-refractivity contribution in [2.45, 2.75) is 11.8 Å². The van der Waals surface area contributed by atoms with Crippen molar-refractivity contribution in [3.63, 3.8) is 0 Å². The number of thioether (sulfide) groups is 1. The minimum atomic E-state index is 0.870. The average molecular weight is 198 g/mol. The lowest BCUT2D eigenvalue weighted by Gasteiger charge is -2.10. The van der Waals surface area contributed by atoms with Crippen molar-refractivity contribution in [1.29, 1.82) is 0 Å². The Morgan fingerprint density at radius 2 is 1.69 bits per heavy atom. The van der Waals surface area contributed by atoms with Gasteiger partial charge in [0, 0.05) is 11.0 Å². The molecule has 13 heavy (non-hydrogen) atoms. The van der Waals surface area contributed by atoms with E-state index in [9.17, 15) is 0 Å². The summed E-state index contributed by atoms with van der Waals surface area (Å²) in [6.45, 7) is 2.03. The highest BCUT2D eigenvalue weighted by molar-refractivity contribution is 7.98. The minimum absolute atomic E-state index is 0.870. The van der Waals surface area contributed by atoms with Gasteiger partial charge < -0.3 is 9.47 Å². The molecule has 0 unspecified atom stereocenters. The molecule has 0 amide bonds. The van der Waals surface area contributed by atoms with E-state index in [1.165, 1.54) is 0 Å². The van der Waals surface area contributed by atoms with Gasteiger partial charge in [0.2, 0.25) is 0 Å². The van der Waals surface area contributed by atoms with E-state index in [0.717, 1.165) is 22.0 Å². The van der Waals surface area contributed by atoms with Crippen LogP contribution in [0.25, 0.3) is 0 Å². The summed E-state index contributed by atoms with van der Waals surface area (Å²) in [6, 6.07) is 3.99. The molecule has 0 radical (unpaired) electrons. The van der Waals surface area contributed by atoms with Crippen LogP contribution in [0.1, 0.15) is 5.56 Å². The molecule has 0 aliphatic carbocycles. The molecule has 0 spiro atoms. The number of ether oxygens (including phenoxy) is 2. The van der Waals surface area contributed by atoms with E-state index in [-0.39, 0.29) is 0 Å². The van der Waals surface area contributed by atoms with E-state index in [1.807, 2.05) is 19.2 Å². The van der Waals surface area contributed by atoms with Gasteiger partial charge in [-0.1, -0.05) is 0 Å². The van der Waals surface area contributed by atoms with E-state index in [2.05, 4.69) is 6.07 Å². The fourth-order valence-corrected chi connectivity index (χ4v) is 1.82. The Morgan fingerprint density at radius 3 is 2.15 bits per heavy atom.